The molecule has 1 aromatic carbocycles. The minimum Gasteiger partial charge on any atom is -0.338 e. The van der Waals surface area contributed by atoms with Crippen molar-refractivity contribution in [1.29, 1.82) is 0 Å². The fraction of sp³-hybridized carbons (Fsp3) is 0.550. The number of amides is 4. The summed E-state index contributed by atoms with van der Waals surface area (Å²) in [5.74, 6) is 0.116. The third-order valence-corrected chi connectivity index (χ3v) is 5.76. The highest BCUT2D eigenvalue weighted by Gasteiger charge is 2.45. The van der Waals surface area contributed by atoms with E-state index in [2.05, 4.69) is 0 Å². The minimum atomic E-state index is -0.280. The molecule has 3 aliphatic rings. The number of fused-ring (bicyclic) bond motifs is 1. The fourth-order valence-electron chi connectivity index (χ4n) is 4.28. The second-order valence-corrected chi connectivity index (χ2v) is 7.45. The van der Waals surface area contributed by atoms with Crippen LogP contribution in [0.15, 0.2) is 24.3 Å². The van der Waals surface area contributed by atoms with E-state index < -0.39 is 0 Å². The Kier molecular flexibility index (Phi) is 4.66. The van der Waals surface area contributed by atoms with Crippen LogP contribution in [0, 0.1) is 0 Å². The highest BCUT2D eigenvalue weighted by atomic mass is 16.2. The molecule has 3 heterocycles. The van der Waals surface area contributed by atoms with Crippen molar-refractivity contribution in [2.24, 2.45) is 0 Å². The molecular formula is C20H25N3O3. The Labute approximate surface area is 153 Å². The van der Waals surface area contributed by atoms with Gasteiger partial charge >= 0.3 is 6.03 Å². The van der Waals surface area contributed by atoms with Crippen molar-refractivity contribution in [3.05, 3.63) is 35.4 Å². The number of likely N-dealkylation sites (tertiary alicyclic amines) is 1. The van der Waals surface area contributed by atoms with Gasteiger partial charge in [-0.25, -0.2) is 4.79 Å². The normalized spacial score (nSPS) is 23.6. The summed E-state index contributed by atoms with van der Waals surface area (Å²) in [5.41, 5.74) is 1.97. The van der Waals surface area contributed by atoms with Crippen LogP contribution in [0.2, 0.25) is 0 Å². The average molecular weight is 355 g/mol. The van der Waals surface area contributed by atoms with E-state index in [0.29, 0.717) is 26.1 Å². The second-order valence-electron chi connectivity index (χ2n) is 7.45. The quantitative estimate of drug-likeness (QED) is 0.780. The third-order valence-electron chi connectivity index (χ3n) is 5.76. The summed E-state index contributed by atoms with van der Waals surface area (Å²) in [4.78, 5) is 42.6. The first-order valence-corrected chi connectivity index (χ1v) is 9.61. The van der Waals surface area contributed by atoms with Crippen molar-refractivity contribution in [1.82, 2.24) is 14.7 Å². The van der Waals surface area contributed by atoms with Crippen molar-refractivity contribution in [2.75, 3.05) is 13.1 Å². The minimum absolute atomic E-state index is 0.0658. The van der Waals surface area contributed by atoms with Crippen LogP contribution in [0.25, 0.3) is 0 Å². The SMILES string of the molecule is O=C1CCCN1Cc1ccccc1CN1C(=O)C2CCCCCN2C1=O. The topological polar surface area (TPSA) is 60.9 Å². The predicted octanol–water partition coefficient (Wildman–Crippen LogP) is 2.52. The van der Waals surface area contributed by atoms with E-state index in [0.717, 1.165) is 49.8 Å². The first-order chi connectivity index (χ1) is 12.6. The van der Waals surface area contributed by atoms with Crippen LogP contribution >= 0.6 is 0 Å². The number of rotatable bonds is 4. The molecule has 1 unspecified atom stereocenters. The standard InChI is InChI=1S/C20H25N3O3/c24-18-10-6-11-21(18)13-15-7-3-4-8-16(15)14-23-19(25)17-9-2-1-5-12-22(17)20(23)26/h3-4,7-8,17H,1-2,5-6,9-14H2. The molecule has 6 nitrogen and oxygen atoms in total. The first kappa shape index (κ1) is 17.1. The van der Waals surface area contributed by atoms with E-state index in [9.17, 15) is 14.4 Å². The van der Waals surface area contributed by atoms with Crippen molar-refractivity contribution in [3.8, 4) is 0 Å². The van der Waals surface area contributed by atoms with Crippen LogP contribution in [0.5, 0.6) is 0 Å². The number of carbonyl (C=O) groups is 3. The lowest BCUT2D eigenvalue weighted by molar-refractivity contribution is -0.129. The molecule has 3 aliphatic heterocycles. The summed E-state index contributed by atoms with van der Waals surface area (Å²) < 4.78 is 0. The zero-order chi connectivity index (χ0) is 18.1. The Bertz CT molecular complexity index is 709. The van der Waals surface area contributed by atoms with E-state index >= 15 is 0 Å². The van der Waals surface area contributed by atoms with E-state index in [1.54, 1.807) is 4.90 Å². The molecule has 0 aliphatic carbocycles. The molecule has 0 radical (unpaired) electrons. The molecule has 4 amide bonds. The molecule has 26 heavy (non-hydrogen) atoms. The Balaban J connectivity index is 1.53. The molecular weight excluding hydrogens is 330 g/mol. The van der Waals surface area contributed by atoms with Crippen molar-refractivity contribution in [2.45, 2.75) is 57.7 Å². The summed E-state index contributed by atoms with van der Waals surface area (Å²) in [7, 11) is 0. The van der Waals surface area contributed by atoms with Gasteiger partial charge in [0.15, 0.2) is 0 Å². The highest BCUT2D eigenvalue weighted by molar-refractivity contribution is 6.04. The maximum Gasteiger partial charge on any atom is 0.327 e. The van der Waals surface area contributed by atoms with Gasteiger partial charge in [0.1, 0.15) is 6.04 Å². The van der Waals surface area contributed by atoms with Gasteiger partial charge in [-0.15, -0.1) is 0 Å². The molecule has 3 fully saturated rings. The molecule has 1 atom stereocenters. The van der Waals surface area contributed by atoms with Gasteiger partial charge in [-0.1, -0.05) is 37.1 Å². The smallest absolute Gasteiger partial charge is 0.327 e. The molecule has 0 bridgehead atoms. The van der Waals surface area contributed by atoms with Crippen LogP contribution < -0.4 is 0 Å². The van der Waals surface area contributed by atoms with Crippen molar-refractivity contribution in [3.63, 3.8) is 0 Å². The first-order valence-electron chi connectivity index (χ1n) is 9.61. The maximum atomic E-state index is 12.8. The van der Waals surface area contributed by atoms with E-state index in [4.69, 9.17) is 0 Å². The molecule has 0 spiro atoms. The van der Waals surface area contributed by atoms with Crippen LogP contribution in [0.3, 0.4) is 0 Å². The maximum absolute atomic E-state index is 12.8. The molecule has 0 saturated carbocycles. The van der Waals surface area contributed by atoms with Crippen molar-refractivity contribution >= 4 is 17.8 Å². The number of hydrogen-bond donors (Lipinski definition) is 0. The molecule has 3 saturated heterocycles. The Morgan fingerprint density at radius 1 is 0.885 bits per heavy atom. The van der Waals surface area contributed by atoms with E-state index in [1.165, 1.54) is 4.90 Å². The van der Waals surface area contributed by atoms with E-state index in [1.807, 2.05) is 29.2 Å². The third kappa shape index (κ3) is 3.08. The Morgan fingerprint density at radius 3 is 2.38 bits per heavy atom. The molecule has 0 N–H and O–H groups in total. The number of imide groups is 1. The molecule has 138 valence electrons. The number of carbonyl (C=O) groups excluding carboxylic acids is 3. The Morgan fingerprint density at radius 2 is 1.65 bits per heavy atom. The number of urea groups is 1. The second kappa shape index (κ2) is 7.09. The van der Waals surface area contributed by atoms with Gasteiger partial charge in [-0.05, 0) is 30.4 Å². The van der Waals surface area contributed by atoms with Gasteiger partial charge in [-0.2, -0.15) is 0 Å². The van der Waals surface area contributed by atoms with Gasteiger partial charge in [-0.3, -0.25) is 14.5 Å². The summed E-state index contributed by atoms with van der Waals surface area (Å²) in [6, 6.07) is 7.38. The predicted molar refractivity (Wildman–Crippen MR) is 96.0 cm³/mol. The molecule has 6 heteroatoms. The summed E-state index contributed by atoms with van der Waals surface area (Å²) in [5, 5.41) is 0. The van der Waals surface area contributed by atoms with Crippen LogP contribution in [0.4, 0.5) is 4.79 Å². The van der Waals surface area contributed by atoms with Gasteiger partial charge in [0, 0.05) is 26.1 Å². The van der Waals surface area contributed by atoms with Gasteiger partial charge < -0.3 is 9.80 Å². The van der Waals surface area contributed by atoms with Crippen LogP contribution in [0.1, 0.15) is 49.7 Å². The summed E-state index contributed by atoms with van der Waals surface area (Å²) >= 11 is 0. The number of nitrogens with zero attached hydrogens (tertiary/aromatic N) is 3. The average Bonchev–Trinajstić information content (AvgIpc) is 3.02. The lowest BCUT2D eigenvalue weighted by Gasteiger charge is -2.21. The molecule has 1 aromatic rings. The largest absolute Gasteiger partial charge is 0.338 e. The summed E-state index contributed by atoms with van der Waals surface area (Å²) in [6.07, 6.45) is 5.34. The highest BCUT2D eigenvalue weighted by Crippen LogP contribution is 2.28. The fourth-order valence-corrected chi connectivity index (χ4v) is 4.28. The van der Waals surface area contributed by atoms with Crippen LogP contribution in [-0.2, 0) is 22.7 Å². The van der Waals surface area contributed by atoms with Gasteiger partial charge in [0.05, 0.1) is 6.54 Å². The number of benzene rings is 1. The van der Waals surface area contributed by atoms with Crippen molar-refractivity contribution < 1.29 is 14.4 Å². The lowest BCUT2D eigenvalue weighted by atomic mass is 10.1. The monoisotopic (exact) mass is 355 g/mol. The number of hydrogen-bond acceptors (Lipinski definition) is 3. The zero-order valence-electron chi connectivity index (χ0n) is 15.0. The zero-order valence-corrected chi connectivity index (χ0v) is 15.0. The van der Waals surface area contributed by atoms with Crippen LogP contribution in [-0.4, -0.2) is 51.7 Å². The lowest BCUT2D eigenvalue weighted by Crippen LogP contribution is -2.34. The molecule has 0 aromatic heterocycles. The Hall–Kier alpha value is -2.37. The van der Waals surface area contributed by atoms with E-state index in [-0.39, 0.29) is 23.9 Å². The summed E-state index contributed by atoms with van der Waals surface area (Å²) in [6.45, 7) is 2.31. The molecule has 4 rings (SSSR count). The van der Waals surface area contributed by atoms with Gasteiger partial charge in [0.25, 0.3) is 5.91 Å². The van der Waals surface area contributed by atoms with Gasteiger partial charge in [0.2, 0.25) is 5.91 Å².